The quantitative estimate of drug-likeness (QED) is 0.810. The Morgan fingerprint density at radius 2 is 1.89 bits per heavy atom. The topological polar surface area (TPSA) is 76.5 Å². The third-order valence-corrected chi connectivity index (χ3v) is 3.91. The zero-order valence-corrected chi connectivity index (χ0v) is 16.7. The molecule has 0 fully saturated rings. The van der Waals surface area contributed by atoms with Gasteiger partial charge in [-0.3, -0.25) is 9.59 Å². The molecule has 0 spiro atoms. The lowest BCUT2D eigenvalue weighted by Gasteiger charge is -2.25. The third kappa shape index (κ3) is 6.13. The minimum Gasteiger partial charge on any atom is -0.486 e. The number of hydrogen-bond donors (Lipinski definition) is 1. The van der Waals surface area contributed by atoms with Crippen LogP contribution in [0.25, 0.3) is 0 Å². The molecule has 0 aliphatic rings. The van der Waals surface area contributed by atoms with Crippen molar-refractivity contribution >= 4 is 11.8 Å². The Labute approximate surface area is 160 Å². The van der Waals surface area contributed by atoms with Gasteiger partial charge in [0.05, 0.1) is 6.54 Å². The predicted molar refractivity (Wildman–Crippen MR) is 103 cm³/mol. The third-order valence-electron chi connectivity index (χ3n) is 3.91. The van der Waals surface area contributed by atoms with Gasteiger partial charge in [0.15, 0.2) is 0 Å². The molecule has 0 unspecified atom stereocenters. The van der Waals surface area contributed by atoms with Crippen LogP contribution in [0.3, 0.4) is 0 Å². The molecule has 2 amide bonds. The lowest BCUT2D eigenvalue weighted by Crippen LogP contribution is -2.47. The Morgan fingerprint density at radius 3 is 2.41 bits per heavy atom. The highest BCUT2D eigenvalue weighted by Gasteiger charge is 2.20. The van der Waals surface area contributed by atoms with Gasteiger partial charge >= 0.3 is 0 Å². The van der Waals surface area contributed by atoms with Crippen molar-refractivity contribution in [3.05, 3.63) is 48.0 Å². The number of hydrogen-bond acceptors (Lipinski definition) is 4. The summed E-state index contributed by atoms with van der Waals surface area (Å²) in [6, 6.07) is 6.92. The molecule has 7 nitrogen and oxygen atoms in total. The van der Waals surface area contributed by atoms with Crippen molar-refractivity contribution in [2.45, 2.75) is 39.8 Å². The second-order valence-corrected chi connectivity index (χ2v) is 7.38. The van der Waals surface area contributed by atoms with Crippen LogP contribution in [0.1, 0.15) is 43.9 Å². The highest BCUT2D eigenvalue weighted by atomic mass is 16.5. The molecule has 2 rings (SSSR count). The Kier molecular flexibility index (Phi) is 6.60. The lowest BCUT2D eigenvalue weighted by molar-refractivity contribution is -0.123. The summed E-state index contributed by atoms with van der Waals surface area (Å²) in [5.41, 5.74) is 0.191. The summed E-state index contributed by atoms with van der Waals surface area (Å²) in [5.74, 6) is 1.12. The van der Waals surface area contributed by atoms with Gasteiger partial charge in [0.1, 0.15) is 18.2 Å². The van der Waals surface area contributed by atoms with Crippen molar-refractivity contribution in [3.63, 3.8) is 0 Å². The van der Waals surface area contributed by atoms with Crippen molar-refractivity contribution < 1.29 is 14.3 Å². The van der Waals surface area contributed by atoms with Crippen molar-refractivity contribution in [1.82, 2.24) is 19.8 Å². The molecule has 1 heterocycles. The Balaban J connectivity index is 1.96. The molecule has 0 saturated carbocycles. The molecule has 1 aromatic heterocycles. The fraction of sp³-hybridized carbons (Fsp3) is 0.450. The van der Waals surface area contributed by atoms with Crippen LogP contribution in [0.15, 0.2) is 36.7 Å². The second-order valence-electron chi connectivity index (χ2n) is 7.38. The number of aromatic nitrogens is 2. The SMILES string of the molecule is CCN(CC(=O)NC(C)(C)C)C(=O)c1ccc(OCc2nccn2C)cc1. The molecule has 7 heteroatoms. The number of rotatable bonds is 7. The molecule has 0 bridgehead atoms. The first-order chi connectivity index (χ1) is 12.7. The van der Waals surface area contributed by atoms with Gasteiger partial charge < -0.3 is 19.5 Å². The largest absolute Gasteiger partial charge is 0.486 e. The number of imidazole rings is 1. The standard InChI is InChI=1S/C20H28N4O3/c1-6-24(13-18(25)22-20(2,3)4)19(26)15-7-9-16(10-8-15)27-14-17-21-11-12-23(17)5/h7-12H,6,13-14H2,1-5H3,(H,22,25). The van der Waals surface area contributed by atoms with Gasteiger partial charge in [-0.15, -0.1) is 0 Å². The van der Waals surface area contributed by atoms with E-state index in [1.807, 2.05) is 45.5 Å². The number of ether oxygens (including phenoxy) is 1. The highest BCUT2D eigenvalue weighted by molar-refractivity contribution is 5.96. The highest BCUT2D eigenvalue weighted by Crippen LogP contribution is 2.15. The summed E-state index contributed by atoms with van der Waals surface area (Å²) >= 11 is 0. The van der Waals surface area contributed by atoms with Gasteiger partial charge in [0, 0.05) is 37.1 Å². The lowest BCUT2D eigenvalue weighted by atomic mass is 10.1. The molecule has 1 N–H and O–H groups in total. The van der Waals surface area contributed by atoms with Crippen molar-refractivity contribution in [3.8, 4) is 5.75 Å². The zero-order valence-electron chi connectivity index (χ0n) is 16.7. The smallest absolute Gasteiger partial charge is 0.254 e. The summed E-state index contributed by atoms with van der Waals surface area (Å²) in [5, 5.41) is 2.87. The number of nitrogens with one attached hydrogen (secondary N) is 1. The van der Waals surface area contributed by atoms with E-state index < -0.39 is 0 Å². The van der Waals surface area contributed by atoms with E-state index in [0.29, 0.717) is 24.5 Å². The molecule has 0 saturated heterocycles. The van der Waals surface area contributed by atoms with Crippen LogP contribution in [0.5, 0.6) is 5.75 Å². The summed E-state index contributed by atoms with van der Waals surface area (Å²) in [4.78, 5) is 30.5. The van der Waals surface area contributed by atoms with Crippen LogP contribution in [0, 0.1) is 0 Å². The van der Waals surface area contributed by atoms with E-state index in [1.54, 1.807) is 30.5 Å². The van der Waals surface area contributed by atoms with Crippen LogP contribution in [0.4, 0.5) is 0 Å². The molecule has 0 aliphatic heterocycles. The molecule has 1 aromatic carbocycles. The van der Waals surface area contributed by atoms with Gasteiger partial charge in [0.25, 0.3) is 5.91 Å². The number of nitrogens with zero attached hydrogens (tertiary/aromatic N) is 3. The van der Waals surface area contributed by atoms with E-state index in [4.69, 9.17) is 4.74 Å². The van der Waals surface area contributed by atoms with Gasteiger partial charge in [-0.25, -0.2) is 4.98 Å². The summed E-state index contributed by atoms with van der Waals surface area (Å²) in [6.45, 7) is 8.42. The number of likely N-dealkylation sites (N-methyl/N-ethyl adjacent to an activating group) is 1. The van der Waals surface area contributed by atoms with E-state index in [1.165, 1.54) is 4.90 Å². The molecule has 2 aromatic rings. The second kappa shape index (κ2) is 8.70. The average Bonchev–Trinajstić information content (AvgIpc) is 3.01. The van der Waals surface area contributed by atoms with E-state index >= 15 is 0 Å². The minimum atomic E-state index is -0.328. The van der Waals surface area contributed by atoms with Crippen LogP contribution < -0.4 is 10.1 Å². The molecule has 0 aliphatic carbocycles. The van der Waals surface area contributed by atoms with E-state index in [-0.39, 0.29) is 23.9 Å². The molecule has 146 valence electrons. The number of aryl methyl sites for hydroxylation is 1. The van der Waals surface area contributed by atoms with E-state index in [0.717, 1.165) is 5.82 Å². The summed E-state index contributed by atoms with van der Waals surface area (Å²) in [6.07, 6.45) is 3.57. The number of carbonyl (C=O) groups is 2. The number of amides is 2. The van der Waals surface area contributed by atoms with Crippen LogP contribution >= 0.6 is 0 Å². The van der Waals surface area contributed by atoms with Gasteiger partial charge in [-0.05, 0) is 52.0 Å². The summed E-state index contributed by atoms with van der Waals surface area (Å²) in [7, 11) is 1.91. The maximum absolute atomic E-state index is 12.7. The van der Waals surface area contributed by atoms with Gasteiger partial charge in [-0.1, -0.05) is 0 Å². The average molecular weight is 372 g/mol. The van der Waals surface area contributed by atoms with E-state index in [2.05, 4.69) is 10.3 Å². The van der Waals surface area contributed by atoms with Crippen molar-refractivity contribution in [2.24, 2.45) is 7.05 Å². The Hall–Kier alpha value is -2.83. The molecule has 27 heavy (non-hydrogen) atoms. The number of benzene rings is 1. The molecular weight excluding hydrogens is 344 g/mol. The van der Waals surface area contributed by atoms with Gasteiger partial charge in [-0.2, -0.15) is 0 Å². The maximum atomic E-state index is 12.7. The predicted octanol–water partition coefficient (Wildman–Crippen LogP) is 2.38. The molecule has 0 radical (unpaired) electrons. The Morgan fingerprint density at radius 1 is 1.22 bits per heavy atom. The van der Waals surface area contributed by atoms with E-state index in [9.17, 15) is 9.59 Å². The Bertz CT molecular complexity index is 775. The van der Waals surface area contributed by atoms with Crippen molar-refractivity contribution in [2.75, 3.05) is 13.1 Å². The monoisotopic (exact) mass is 372 g/mol. The van der Waals surface area contributed by atoms with Crippen LogP contribution in [-0.2, 0) is 18.4 Å². The first kappa shape index (κ1) is 20.5. The van der Waals surface area contributed by atoms with Crippen molar-refractivity contribution in [1.29, 1.82) is 0 Å². The fourth-order valence-corrected chi connectivity index (χ4v) is 2.52. The first-order valence-electron chi connectivity index (χ1n) is 8.99. The van der Waals surface area contributed by atoms with Gasteiger partial charge in [0.2, 0.25) is 5.91 Å². The fourth-order valence-electron chi connectivity index (χ4n) is 2.52. The maximum Gasteiger partial charge on any atom is 0.254 e. The zero-order chi connectivity index (χ0) is 20.0. The van der Waals surface area contributed by atoms with Crippen LogP contribution in [0.2, 0.25) is 0 Å². The summed E-state index contributed by atoms with van der Waals surface area (Å²) < 4.78 is 7.59. The normalized spacial score (nSPS) is 11.1. The number of carbonyl (C=O) groups excluding carboxylic acids is 2. The van der Waals surface area contributed by atoms with Crippen LogP contribution in [-0.4, -0.2) is 44.9 Å². The molecule has 0 atom stereocenters. The minimum absolute atomic E-state index is 0.0318. The first-order valence-corrected chi connectivity index (χ1v) is 8.99. The molecular formula is C20H28N4O3.